The zero-order chi connectivity index (χ0) is 19.4. The summed E-state index contributed by atoms with van der Waals surface area (Å²) in [6.07, 6.45) is 0. The summed E-state index contributed by atoms with van der Waals surface area (Å²) in [5.41, 5.74) is 1.23. The molecule has 0 bridgehead atoms. The second kappa shape index (κ2) is 8.05. The lowest BCUT2D eigenvalue weighted by Gasteiger charge is -2.04. The molecular formula is C19H15F2N3O2S. The number of hydrogen-bond acceptors (Lipinski definition) is 4. The summed E-state index contributed by atoms with van der Waals surface area (Å²) in [7, 11) is 0. The highest BCUT2D eigenvalue weighted by Gasteiger charge is 2.17. The number of nitrogens with zero attached hydrogens (tertiary/aromatic N) is 1. The first-order valence-corrected chi connectivity index (χ1v) is 8.81. The summed E-state index contributed by atoms with van der Waals surface area (Å²) in [4.78, 5) is 29.0. The Labute approximate surface area is 158 Å². The first-order valence-electron chi connectivity index (χ1n) is 7.99. The van der Waals surface area contributed by atoms with Crippen molar-refractivity contribution in [1.29, 1.82) is 0 Å². The average Bonchev–Trinajstić information content (AvgIpc) is 3.00. The lowest BCUT2D eigenvalue weighted by Crippen LogP contribution is -2.22. The monoisotopic (exact) mass is 387 g/mol. The smallest absolute Gasteiger partial charge is 0.263 e. The quantitative estimate of drug-likeness (QED) is 0.697. The number of thiazole rings is 1. The van der Waals surface area contributed by atoms with Gasteiger partial charge in [-0.3, -0.25) is 14.9 Å². The Morgan fingerprint density at radius 3 is 2.37 bits per heavy atom. The van der Waals surface area contributed by atoms with Crippen LogP contribution in [0.5, 0.6) is 0 Å². The summed E-state index contributed by atoms with van der Waals surface area (Å²) < 4.78 is 26.5. The molecule has 0 saturated carbocycles. The van der Waals surface area contributed by atoms with Crippen LogP contribution in [0, 0.1) is 18.6 Å². The lowest BCUT2D eigenvalue weighted by molar-refractivity contribution is 0.0953. The van der Waals surface area contributed by atoms with Gasteiger partial charge in [0.25, 0.3) is 11.8 Å². The number of amides is 2. The molecule has 2 amide bonds. The highest BCUT2D eigenvalue weighted by molar-refractivity contribution is 7.17. The Balaban J connectivity index is 1.68. The molecule has 0 aliphatic rings. The first-order chi connectivity index (χ1) is 12.9. The fourth-order valence-electron chi connectivity index (χ4n) is 2.37. The zero-order valence-corrected chi connectivity index (χ0v) is 15.1. The Hall–Kier alpha value is -3.13. The number of aryl methyl sites for hydroxylation is 1. The van der Waals surface area contributed by atoms with Gasteiger partial charge < -0.3 is 5.32 Å². The summed E-state index contributed by atoms with van der Waals surface area (Å²) in [5, 5.41) is 5.42. The molecule has 138 valence electrons. The van der Waals surface area contributed by atoms with Crippen molar-refractivity contribution in [2.45, 2.75) is 13.5 Å². The van der Waals surface area contributed by atoms with Gasteiger partial charge in [-0.2, -0.15) is 0 Å². The van der Waals surface area contributed by atoms with Crippen molar-refractivity contribution >= 4 is 28.3 Å². The van der Waals surface area contributed by atoms with Crippen LogP contribution < -0.4 is 10.6 Å². The largest absolute Gasteiger partial charge is 0.347 e. The Morgan fingerprint density at radius 1 is 1.04 bits per heavy atom. The minimum atomic E-state index is -0.851. The molecule has 3 rings (SSSR count). The molecule has 3 aromatic rings. The topological polar surface area (TPSA) is 71.1 Å². The van der Waals surface area contributed by atoms with Crippen LogP contribution in [0.2, 0.25) is 0 Å². The van der Waals surface area contributed by atoms with E-state index in [9.17, 15) is 18.4 Å². The van der Waals surface area contributed by atoms with E-state index in [0.29, 0.717) is 23.2 Å². The van der Waals surface area contributed by atoms with E-state index in [1.165, 1.54) is 0 Å². The molecule has 0 saturated heterocycles. The van der Waals surface area contributed by atoms with E-state index in [1.54, 1.807) is 6.92 Å². The zero-order valence-electron chi connectivity index (χ0n) is 14.3. The third-order valence-corrected chi connectivity index (χ3v) is 4.72. The van der Waals surface area contributed by atoms with E-state index in [0.717, 1.165) is 29.0 Å². The number of benzene rings is 2. The van der Waals surface area contributed by atoms with Gasteiger partial charge in [-0.15, -0.1) is 0 Å². The number of carbonyl (C=O) groups is 2. The number of rotatable bonds is 5. The third kappa shape index (κ3) is 4.73. The van der Waals surface area contributed by atoms with E-state index in [4.69, 9.17) is 0 Å². The second-order valence-corrected chi connectivity index (χ2v) is 6.71. The molecule has 2 N–H and O–H groups in total. The van der Waals surface area contributed by atoms with Crippen molar-refractivity contribution in [3.05, 3.63) is 81.9 Å². The molecule has 0 spiro atoms. The van der Waals surface area contributed by atoms with E-state index < -0.39 is 17.5 Å². The normalized spacial score (nSPS) is 10.5. The van der Waals surface area contributed by atoms with E-state index in [2.05, 4.69) is 15.6 Å². The van der Waals surface area contributed by atoms with Gasteiger partial charge in [-0.05, 0) is 24.6 Å². The standard InChI is InChI=1S/C19H15F2N3O2S/c1-11-16(18(26)22-10-12-5-3-2-4-6-12)27-19(23-11)24-17(25)13-7-14(20)9-15(21)8-13/h2-9H,10H2,1H3,(H,22,26)(H,23,24,25). The molecule has 0 radical (unpaired) electrons. The molecule has 5 nitrogen and oxygen atoms in total. The van der Waals surface area contributed by atoms with Gasteiger partial charge in [-0.1, -0.05) is 41.7 Å². The molecular weight excluding hydrogens is 372 g/mol. The third-order valence-electron chi connectivity index (χ3n) is 3.64. The van der Waals surface area contributed by atoms with Gasteiger partial charge in [0.05, 0.1) is 5.69 Å². The number of hydrogen-bond donors (Lipinski definition) is 2. The van der Waals surface area contributed by atoms with Crippen molar-refractivity contribution in [3.63, 3.8) is 0 Å². The van der Waals surface area contributed by atoms with Gasteiger partial charge >= 0.3 is 0 Å². The number of halogens is 2. The lowest BCUT2D eigenvalue weighted by atomic mass is 10.2. The molecule has 0 unspecified atom stereocenters. The summed E-state index contributed by atoms with van der Waals surface area (Å²) in [6.45, 7) is 2.01. The number of aromatic nitrogens is 1. The number of nitrogens with one attached hydrogen (secondary N) is 2. The summed E-state index contributed by atoms with van der Waals surface area (Å²) >= 11 is 0.992. The highest BCUT2D eigenvalue weighted by Crippen LogP contribution is 2.23. The molecule has 0 aliphatic carbocycles. The SMILES string of the molecule is Cc1nc(NC(=O)c2cc(F)cc(F)c2)sc1C(=O)NCc1ccccc1. The molecule has 0 aliphatic heterocycles. The van der Waals surface area contributed by atoms with Crippen molar-refractivity contribution in [3.8, 4) is 0 Å². The molecule has 1 heterocycles. The molecule has 0 atom stereocenters. The summed E-state index contributed by atoms with van der Waals surface area (Å²) in [6, 6.07) is 12.0. The van der Waals surface area contributed by atoms with Crippen molar-refractivity contribution in [1.82, 2.24) is 10.3 Å². The minimum Gasteiger partial charge on any atom is -0.347 e. The number of carbonyl (C=O) groups excluding carboxylic acids is 2. The van der Waals surface area contributed by atoms with Crippen LogP contribution in [-0.2, 0) is 6.54 Å². The first kappa shape index (κ1) is 18.7. The van der Waals surface area contributed by atoms with E-state index in [1.807, 2.05) is 30.3 Å². The predicted molar refractivity (Wildman–Crippen MR) is 98.8 cm³/mol. The predicted octanol–water partition coefficient (Wildman–Crippen LogP) is 3.91. The summed E-state index contributed by atoms with van der Waals surface area (Å²) in [5.74, 6) is -2.72. The highest BCUT2D eigenvalue weighted by atomic mass is 32.1. The van der Waals surface area contributed by atoms with Crippen LogP contribution in [0.4, 0.5) is 13.9 Å². The van der Waals surface area contributed by atoms with Crippen LogP contribution in [0.1, 0.15) is 31.3 Å². The van der Waals surface area contributed by atoms with Crippen molar-refractivity contribution in [2.75, 3.05) is 5.32 Å². The maximum absolute atomic E-state index is 13.2. The average molecular weight is 387 g/mol. The van der Waals surface area contributed by atoms with Crippen LogP contribution >= 0.6 is 11.3 Å². The van der Waals surface area contributed by atoms with Crippen LogP contribution in [0.3, 0.4) is 0 Å². The van der Waals surface area contributed by atoms with E-state index in [-0.39, 0.29) is 16.6 Å². The van der Waals surface area contributed by atoms with Gasteiger partial charge in [0.2, 0.25) is 0 Å². The van der Waals surface area contributed by atoms with E-state index >= 15 is 0 Å². The van der Waals surface area contributed by atoms with Crippen LogP contribution in [-0.4, -0.2) is 16.8 Å². The second-order valence-electron chi connectivity index (χ2n) is 5.71. The Bertz CT molecular complexity index is 970. The fourth-order valence-corrected chi connectivity index (χ4v) is 3.25. The Morgan fingerprint density at radius 2 is 1.70 bits per heavy atom. The molecule has 27 heavy (non-hydrogen) atoms. The van der Waals surface area contributed by atoms with Gasteiger partial charge in [-0.25, -0.2) is 13.8 Å². The number of anilines is 1. The van der Waals surface area contributed by atoms with Gasteiger partial charge in [0.1, 0.15) is 16.5 Å². The fraction of sp³-hybridized carbons (Fsp3) is 0.105. The molecule has 2 aromatic carbocycles. The van der Waals surface area contributed by atoms with Crippen LogP contribution in [0.15, 0.2) is 48.5 Å². The Kier molecular flexibility index (Phi) is 5.56. The van der Waals surface area contributed by atoms with Crippen LogP contribution in [0.25, 0.3) is 0 Å². The molecule has 0 fully saturated rings. The maximum Gasteiger partial charge on any atom is 0.263 e. The van der Waals surface area contributed by atoms with Crippen molar-refractivity contribution < 1.29 is 18.4 Å². The van der Waals surface area contributed by atoms with Gasteiger partial charge in [0, 0.05) is 18.2 Å². The molecule has 8 heteroatoms. The van der Waals surface area contributed by atoms with Crippen molar-refractivity contribution in [2.24, 2.45) is 0 Å². The maximum atomic E-state index is 13.2. The van der Waals surface area contributed by atoms with Gasteiger partial charge in [0.15, 0.2) is 5.13 Å². The molecule has 1 aromatic heterocycles. The minimum absolute atomic E-state index is 0.171.